The van der Waals surface area contributed by atoms with Crippen LogP contribution in [0.3, 0.4) is 0 Å². The molecule has 0 saturated carbocycles. The first-order chi connectivity index (χ1) is 2.47. The van der Waals surface area contributed by atoms with E-state index in [2.05, 4.69) is 9.35 Å². The first-order valence-corrected chi connectivity index (χ1v) is 2.91. The molecule has 0 atom stereocenters. The van der Waals surface area contributed by atoms with Crippen LogP contribution >= 0.6 is 7.74 Å². The van der Waals surface area contributed by atoms with E-state index in [0.717, 1.165) is 0 Å². The summed E-state index contributed by atoms with van der Waals surface area (Å²) in [4.78, 5) is 28.1. The Morgan fingerprint density at radius 1 is 1.00 bits per heavy atom. The Morgan fingerprint density at radius 3 is 1.11 bits per heavy atom. The van der Waals surface area contributed by atoms with Gasteiger partial charge in [-0.15, -0.1) is 0 Å². The van der Waals surface area contributed by atoms with E-state index in [1.165, 1.54) is 0 Å². The van der Waals surface area contributed by atoms with Gasteiger partial charge in [-0.2, -0.15) is 0 Å². The Hall–Kier alpha value is 1.87. The topological polar surface area (TPSA) is 94.2 Å². The predicted molar refractivity (Wildman–Crippen MR) is 9.09 cm³/mol. The van der Waals surface area contributed by atoms with Crippen LogP contribution in [0.1, 0.15) is 0 Å². The van der Waals surface area contributed by atoms with Gasteiger partial charge in [0.1, 0.15) is 0 Å². The van der Waals surface area contributed by atoms with Crippen molar-refractivity contribution in [2.45, 2.75) is 0 Å². The minimum atomic E-state index is -5.55. The average Bonchev–Trinajstić information content (AvgIpc) is 1.73. The van der Waals surface area contributed by atoms with Gasteiger partial charge in [0.25, 0.3) is 0 Å². The van der Waals surface area contributed by atoms with Crippen molar-refractivity contribution in [3.05, 3.63) is 0 Å². The SMILES string of the molecule is [Fe].[Li+].[Mn+2].[O-]P1([O-])([O-])OO1. The molecule has 0 unspecified atom stereocenters. The zero-order valence-corrected chi connectivity index (χ0v) is 7.40. The summed E-state index contributed by atoms with van der Waals surface area (Å²) in [6.45, 7) is 0. The molecule has 0 N–H and O–H groups in total. The molecule has 1 heterocycles. The molecule has 9 heteroatoms. The summed E-state index contributed by atoms with van der Waals surface area (Å²) >= 11 is 0. The van der Waals surface area contributed by atoms with Crippen LogP contribution in [-0.2, 0) is 43.5 Å². The minimum absolute atomic E-state index is 0. The van der Waals surface area contributed by atoms with Gasteiger partial charge in [-0.1, -0.05) is 0 Å². The molecule has 1 saturated heterocycles. The van der Waals surface area contributed by atoms with Crippen LogP contribution in [0.15, 0.2) is 0 Å². The molecule has 1 fully saturated rings. The van der Waals surface area contributed by atoms with Gasteiger partial charge >= 0.3 is 67.7 Å². The Balaban J connectivity index is -0.000000120. The van der Waals surface area contributed by atoms with E-state index in [-0.39, 0.29) is 53.0 Å². The predicted octanol–water partition coefficient (Wildman–Crippen LogP) is -5.84. The van der Waals surface area contributed by atoms with E-state index in [1.54, 1.807) is 0 Å². The van der Waals surface area contributed by atoms with E-state index in [1.807, 2.05) is 0 Å². The van der Waals surface area contributed by atoms with Crippen LogP contribution in [0.4, 0.5) is 0 Å². The molecule has 9 heavy (non-hydrogen) atoms. The third-order valence-electron chi connectivity index (χ3n) is 0.257. The van der Waals surface area contributed by atoms with Crippen LogP contribution in [0.2, 0.25) is 0 Å². The molecular formula is FeLiMnO5P. The van der Waals surface area contributed by atoms with Gasteiger partial charge in [0.15, 0.2) is 0 Å². The summed E-state index contributed by atoms with van der Waals surface area (Å²) in [6, 6.07) is 0. The molecule has 0 bridgehead atoms. The molecule has 0 spiro atoms. The standard InChI is InChI=1S/Fe.Li.Mn.O5P/c;;;1-6(2,3)4-5-6/q;+1;+2;-3. The first kappa shape index (κ1) is 17.1. The molecule has 5 nitrogen and oxygen atoms in total. The quantitative estimate of drug-likeness (QED) is 0.178. The summed E-state index contributed by atoms with van der Waals surface area (Å²) in [6.07, 6.45) is 0. The number of rotatable bonds is 0. The summed E-state index contributed by atoms with van der Waals surface area (Å²) in [7, 11) is -5.55. The molecule has 1 rings (SSSR count). The van der Waals surface area contributed by atoms with E-state index in [0.29, 0.717) is 0 Å². The fraction of sp³-hybridized carbons (Fsp3) is 0. The Kier molecular flexibility index (Phi) is 7.66. The zero-order valence-electron chi connectivity index (χ0n) is 4.22. The fourth-order valence-electron chi connectivity index (χ4n) is 0.0408. The van der Waals surface area contributed by atoms with Crippen LogP contribution in [0, 0.1) is 0 Å². The van der Waals surface area contributed by atoms with Gasteiger partial charge in [-0.3, -0.25) is 0 Å². The molecule has 0 aromatic rings. The monoisotopic (exact) mass is 229 g/mol. The van der Waals surface area contributed by atoms with Crippen LogP contribution in [0.25, 0.3) is 0 Å². The van der Waals surface area contributed by atoms with Crippen molar-refractivity contribution in [2.24, 2.45) is 0 Å². The van der Waals surface area contributed by atoms with Gasteiger partial charge in [-0.25, -0.2) is 0 Å². The van der Waals surface area contributed by atoms with Gasteiger partial charge in [0.05, 0.1) is 0 Å². The van der Waals surface area contributed by atoms with Crippen LogP contribution in [0.5, 0.6) is 0 Å². The van der Waals surface area contributed by atoms with E-state index < -0.39 is 7.74 Å². The van der Waals surface area contributed by atoms with E-state index in [9.17, 15) is 14.7 Å². The van der Waals surface area contributed by atoms with Gasteiger partial charge in [0, 0.05) is 17.1 Å². The molecule has 0 aromatic carbocycles. The molecule has 1 aliphatic rings. The van der Waals surface area contributed by atoms with Gasteiger partial charge in [0.2, 0.25) is 0 Å². The Labute approximate surface area is 84.5 Å². The molecule has 0 aromatic heterocycles. The molecule has 1 aliphatic heterocycles. The van der Waals surface area contributed by atoms with Crippen molar-refractivity contribution < 1.29 is 77.0 Å². The van der Waals surface area contributed by atoms with Crippen molar-refractivity contribution in [3.63, 3.8) is 0 Å². The fourth-order valence-corrected chi connectivity index (χ4v) is 0.367. The summed E-state index contributed by atoms with van der Waals surface area (Å²) < 4.78 is 6.09. The summed E-state index contributed by atoms with van der Waals surface area (Å²) in [5, 5.41) is 0. The van der Waals surface area contributed by atoms with Crippen molar-refractivity contribution >= 4 is 7.74 Å². The van der Waals surface area contributed by atoms with Crippen LogP contribution < -0.4 is 33.5 Å². The zero-order chi connectivity index (χ0) is 4.86. The second-order valence-corrected chi connectivity index (χ2v) is 2.68. The van der Waals surface area contributed by atoms with Crippen molar-refractivity contribution in [1.82, 2.24) is 0 Å². The van der Waals surface area contributed by atoms with Gasteiger partial charge < -0.3 is 0 Å². The van der Waals surface area contributed by atoms with Crippen molar-refractivity contribution in [2.75, 3.05) is 0 Å². The summed E-state index contributed by atoms with van der Waals surface area (Å²) in [5.41, 5.74) is 0. The average molecular weight is 229 g/mol. The molecule has 1 radical (unpaired) electrons. The molecule has 0 aliphatic carbocycles. The van der Waals surface area contributed by atoms with Crippen molar-refractivity contribution in [3.8, 4) is 0 Å². The van der Waals surface area contributed by atoms with E-state index >= 15 is 0 Å². The van der Waals surface area contributed by atoms with Gasteiger partial charge in [-0.05, 0) is 0 Å². The molecule has 51 valence electrons. The second kappa shape index (κ2) is 4.03. The third kappa shape index (κ3) is 7.77. The van der Waals surface area contributed by atoms with Crippen molar-refractivity contribution in [1.29, 1.82) is 0 Å². The second-order valence-electron chi connectivity index (χ2n) is 0.894. The Morgan fingerprint density at radius 2 is 1.11 bits per heavy atom. The molecular weight excluding hydrogens is 229 g/mol. The first-order valence-electron chi connectivity index (χ1n) is 1.08. The normalized spacial score (nSPS) is 28.6. The maximum absolute atomic E-state index is 9.37. The Bertz CT molecular complexity index is 80.7. The number of hydrogen-bond acceptors (Lipinski definition) is 5. The number of hydrogen-bond donors (Lipinski definition) is 0. The summed E-state index contributed by atoms with van der Waals surface area (Å²) in [5.74, 6) is 0. The van der Waals surface area contributed by atoms with E-state index in [4.69, 9.17) is 0 Å². The molecule has 0 amide bonds. The third-order valence-corrected chi connectivity index (χ3v) is 0.771. The maximum atomic E-state index is 9.37. The van der Waals surface area contributed by atoms with Crippen LogP contribution in [-0.4, -0.2) is 0 Å².